The quantitative estimate of drug-likeness (QED) is 0.670. The summed E-state index contributed by atoms with van der Waals surface area (Å²) in [5, 5.41) is 9.66. The zero-order valence-electron chi connectivity index (χ0n) is 17.3. The summed E-state index contributed by atoms with van der Waals surface area (Å²) in [6.45, 7) is 13.4. The van der Waals surface area contributed by atoms with Gasteiger partial charge in [0.1, 0.15) is 0 Å². The second kappa shape index (κ2) is 6.67. The standard InChI is InChI=1S/C25H30O2/c1-16(2)22(18-9-7-8-10-19(18)23(26)27)17-11-12-20-21(15-17)25(5,6)14-13-24(20,3)4/h7-12,15H,13-14H2,1-6H3,(H,26,27). The van der Waals surface area contributed by atoms with Crippen molar-refractivity contribution in [2.75, 3.05) is 0 Å². The van der Waals surface area contributed by atoms with Crippen LogP contribution in [0, 0.1) is 0 Å². The number of carbonyl (C=O) groups is 1. The van der Waals surface area contributed by atoms with Gasteiger partial charge >= 0.3 is 5.97 Å². The molecule has 0 amide bonds. The van der Waals surface area contributed by atoms with Crippen LogP contribution in [0.4, 0.5) is 0 Å². The Morgan fingerprint density at radius 3 is 1.96 bits per heavy atom. The normalized spacial score (nSPS) is 17.1. The molecule has 0 aliphatic heterocycles. The van der Waals surface area contributed by atoms with Crippen LogP contribution in [0.3, 0.4) is 0 Å². The number of hydrogen-bond acceptors (Lipinski definition) is 1. The van der Waals surface area contributed by atoms with Crippen LogP contribution in [-0.2, 0) is 10.8 Å². The van der Waals surface area contributed by atoms with E-state index in [0.717, 1.165) is 28.7 Å². The SMILES string of the molecule is CC(C)=C(c1ccc2c(c1)C(C)(C)CCC2(C)C)c1ccccc1C(=O)O. The number of hydrogen-bond donors (Lipinski definition) is 1. The van der Waals surface area contributed by atoms with Gasteiger partial charge in [0.2, 0.25) is 0 Å². The van der Waals surface area contributed by atoms with E-state index in [1.807, 2.05) is 12.1 Å². The highest BCUT2D eigenvalue weighted by Crippen LogP contribution is 2.47. The highest BCUT2D eigenvalue weighted by atomic mass is 16.4. The van der Waals surface area contributed by atoms with E-state index in [1.165, 1.54) is 17.5 Å². The molecule has 0 aromatic heterocycles. The first kappa shape index (κ1) is 19.4. The number of benzene rings is 2. The Balaban J connectivity index is 2.24. The van der Waals surface area contributed by atoms with Crippen molar-refractivity contribution in [1.29, 1.82) is 0 Å². The van der Waals surface area contributed by atoms with Gasteiger partial charge < -0.3 is 5.11 Å². The summed E-state index contributed by atoms with van der Waals surface area (Å²) in [5.41, 5.74) is 7.50. The molecule has 3 rings (SSSR count). The summed E-state index contributed by atoms with van der Waals surface area (Å²) in [5.74, 6) is -0.885. The molecule has 2 aromatic rings. The van der Waals surface area contributed by atoms with E-state index in [1.54, 1.807) is 12.1 Å². The van der Waals surface area contributed by atoms with Crippen LogP contribution in [-0.4, -0.2) is 11.1 Å². The minimum atomic E-state index is -0.885. The summed E-state index contributed by atoms with van der Waals surface area (Å²) in [7, 11) is 0. The molecule has 1 N–H and O–H groups in total. The van der Waals surface area contributed by atoms with Crippen molar-refractivity contribution in [3.63, 3.8) is 0 Å². The van der Waals surface area contributed by atoms with Crippen LogP contribution < -0.4 is 0 Å². The predicted octanol–water partition coefficient (Wildman–Crippen LogP) is 6.58. The van der Waals surface area contributed by atoms with Crippen LogP contribution in [0.15, 0.2) is 48.0 Å². The van der Waals surface area contributed by atoms with Gasteiger partial charge in [-0.05, 0) is 71.4 Å². The van der Waals surface area contributed by atoms with Crippen molar-refractivity contribution in [3.05, 3.63) is 75.9 Å². The Kier molecular flexibility index (Phi) is 4.80. The molecule has 0 unspecified atom stereocenters. The maximum Gasteiger partial charge on any atom is 0.336 e. The first-order chi connectivity index (χ1) is 12.5. The Hall–Kier alpha value is -2.35. The minimum Gasteiger partial charge on any atom is -0.478 e. The molecule has 0 radical (unpaired) electrons. The number of carboxylic acid groups (broad SMARTS) is 1. The number of allylic oxidation sites excluding steroid dienone is 1. The molecule has 0 atom stereocenters. The maximum atomic E-state index is 11.8. The molecular formula is C25H30O2. The summed E-state index contributed by atoms with van der Waals surface area (Å²) in [6.07, 6.45) is 2.34. The zero-order chi connectivity index (χ0) is 20.0. The molecule has 0 saturated carbocycles. The lowest BCUT2D eigenvalue weighted by Gasteiger charge is -2.42. The summed E-state index contributed by atoms with van der Waals surface area (Å²) in [4.78, 5) is 11.8. The zero-order valence-corrected chi connectivity index (χ0v) is 17.3. The Labute approximate surface area is 162 Å². The van der Waals surface area contributed by atoms with Crippen molar-refractivity contribution in [1.82, 2.24) is 0 Å². The van der Waals surface area contributed by atoms with Crippen molar-refractivity contribution in [2.45, 2.75) is 65.2 Å². The predicted molar refractivity (Wildman–Crippen MR) is 112 cm³/mol. The summed E-state index contributed by atoms with van der Waals surface area (Å²) < 4.78 is 0. The molecule has 1 aliphatic carbocycles. The maximum absolute atomic E-state index is 11.8. The van der Waals surface area contributed by atoms with Crippen LogP contribution >= 0.6 is 0 Å². The molecule has 2 aromatic carbocycles. The van der Waals surface area contributed by atoms with Gasteiger partial charge in [-0.2, -0.15) is 0 Å². The van der Waals surface area contributed by atoms with Crippen LogP contribution in [0.25, 0.3) is 5.57 Å². The molecule has 0 saturated heterocycles. The number of carboxylic acids is 1. The first-order valence-corrected chi connectivity index (χ1v) is 9.70. The van der Waals surface area contributed by atoms with Gasteiger partial charge in [0, 0.05) is 0 Å². The number of rotatable bonds is 3. The van der Waals surface area contributed by atoms with Crippen LogP contribution in [0.5, 0.6) is 0 Å². The van der Waals surface area contributed by atoms with Gasteiger partial charge in [0.25, 0.3) is 0 Å². The highest BCUT2D eigenvalue weighted by Gasteiger charge is 2.37. The fourth-order valence-corrected chi connectivity index (χ4v) is 4.35. The molecule has 2 heteroatoms. The van der Waals surface area contributed by atoms with Gasteiger partial charge in [0.15, 0.2) is 0 Å². The van der Waals surface area contributed by atoms with Gasteiger partial charge in [-0.1, -0.05) is 69.7 Å². The third kappa shape index (κ3) is 3.45. The second-order valence-electron chi connectivity index (χ2n) is 9.25. The van der Waals surface area contributed by atoms with E-state index in [2.05, 4.69) is 59.7 Å². The lowest BCUT2D eigenvalue weighted by atomic mass is 9.62. The third-order valence-corrected chi connectivity index (χ3v) is 6.07. The molecule has 0 bridgehead atoms. The largest absolute Gasteiger partial charge is 0.478 e. The van der Waals surface area contributed by atoms with Crippen molar-refractivity contribution in [3.8, 4) is 0 Å². The lowest BCUT2D eigenvalue weighted by molar-refractivity contribution is 0.0696. The monoisotopic (exact) mass is 362 g/mol. The molecule has 142 valence electrons. The minimum absolute atomic E-state index is 0.125. The average molecular weight is 363 g/mol. The molecule has 27 heavy (non-hydrogen) atoms. The molecule has 0 heterocycles. The molecular weight excluding hydrogens is 332 g/mol. The van der Waals surface area contributed by atoms with Gasteiger partial charge in [-0.15, -0.1) is 0 Å². The van der Waals surface area contributed by atoms with E-state index >= 15 is 0 Å². The van der Waals surface area contributed by atoms with Gasteiger partial charge in [-0.25, -0.2) is 4.79 Å². The van der Waals surface area contributed by atoms with E-state index < -0.39 is 5.97 Å². The van der Waals surface area contributed by atoms with Crippen LogP contribution in [0.1, 0.15) is 87.0 Å². The lowest BCUT2D eigenvalue weighted by Crippen LogP contribution is -2.33. The fourth-order valence-electron chi connectivity index (χ4n) is 4.35. The van der Waals surface area contributed by atoms with E-state index in [0.29, 0.717) is 5.56 Å². The van der Waals surface area contributed by atoms with Gasteiger partial charge in [0.05, 0.1) is 5.56 Å². The average Bonchev–Trinajstić information content (AvgIpc) is 2.59. The second-order valence-corrected chi connectivity index (χ2v) is 9.25. The summed E-state index contributed by atoms with van der Waals surface area (Å²) in [6, 6.07) is 14.0. The van der Waals surface area contributed by atoms with Crippen molar-refractivity contribution < 1.29 is 9.90 Å². The van der Waals surface area contributed by atoms with Crippen molar-refractivity contribution >= 4 is 11.5 Å². The van der Waals surface area contributed by atoms with E-state index in [9.17, 15) is 9.90 Å². The van der Waals surface area contributed by atoms with E-state index in [-0.39, 0.29) is 10.8 Å². The van der Waals surface area contributed by atoms with Crippen molar-refractivity contribution in [2.24, 2.45) is 0 Å². The molecule has 0 fully saturated rings. The number of fused-ring (bicyclic) bond motifs is 1. The topological polar surface area (TPSA) is 37.3 Å². The molecule has 0 spiro atoms. The van der Waals surface area contributed by atoms with E-state index in [4.69, 9.17) is 0 Å². The van der Waals surface area contributed by atoms with Crippen LogP contribution in [0.2, 0.25) is 0 Å². The summed E-state index contributed by atoms with van der Waals surface area (Å²) >= 11 is 0. The first-order valence-electron chi connectivity index (χ1n) is 9.70. The molecule has 2 nitrogen and oxygen atoms in total. The Bertz CT molecular complexity index is 925. The van der Waals surface area contributed by atoms with Gasteiger partial charge in [-0.3, -0.25) is 0 Å². The number of aromatic carboxylic acids is 1. The Morgan fingerprint density at radius 1 is 0.852 bits per heavy atom. The Morgan fingerprint density at radius 2 is 1.41 bits per heavy atom. The highest BCUT2D eigenvalue weighted by molar-refractivity contribution is 5.97. The molecule has 1 aliphatic rings. The smallest absolute Gasteiger partial charge is 0.336 e. The third-order valence-electron chi connectivity index (χ3n) is 6.07. The fraction of sp³-hybridized carbons (Fsp3) is 0.400.